The van der Waals surface area contributed by atoms with Gasteiger partial charge in [0.05, 0.1) is 25.1 Å². The van der Waals surface area contributed by atoms with Crippen molar-refractivity contribution in [2.45, 2.75) is 33.1 Å². The average Bonchev–Trinajstić information content (AvgIpc) is 3.29. The molecule has 0 fully saturated rings. The molecule has 1 heterocycles. The zero-order valence-corrected chi connectivity index (χ0v) is 17.9. The Morgan fingerprint density at radius 2 is 1.90 bits per heavy atom. The van der Waals surface area contributed by atoms with Crippen LogP contribution in [0.25, 0.3) is 11.3 Å². The van der Waals surface area contributed by atoms with Crippen molar-refractivity contribution < 1.29 is 14.3 Å². The lowest BCUT2D eigenvalue weighted by molar-refractivity contribution is 0.0950. The minimum absolute atomic E-state index is 0.324. The number of benzene rings is 2. The lowest BCUT2D eigenvalue weighted by Crippen LogP contribution is -2.18. The molecular weight excluding hydrogens is 392 g/mol. The first kappa shape index (κ1) is 22.1. The van der Waals surface area contributed by atoms with Gasteiger partial charge >= 0.3 is 0 Å². The first-order valence-corrected chi connectivity index (χ1v) is 10.5. The van der Waals surface area contributed by atoms with E-state index >= 15 is 0 Å². The van der Waals surface area contributed by atoms with Crippen LogP contribution >= 0.6 is 0 Å². The highest BCUT2D eigenvalue weighted by Crippen LogP contribution is 2.21. The second kappa shape index (κ2) is 11.5. The van der Waals surface area contributed by atoms with Crippen LogP contribution in [0, 0.1) is 0 Å². The molecule has 0 radical (unpaired) electrons. The Balaban J connectivity index is 1.58. The molecular formula is C24H28N4O3. The van der Waals surface area contributed by atoms with Crippen molar-refractivity contribution in [1.29, 1.82) is 0 Å². The minimum Gasteiger partial charge on any atom is -0.494 e. The Bertz CT molecular complexity index is 996. The molecule has 162 valence electrons. The van der Waals surface area contributed by atoms with E-state index in [-0.39, 0.29) is 5.91 Å². The molecule has 0 aliphatic heterocycles. The van der Waals surface area contributed by atoms with E-state index in [1.807, 2.05) is 55.5 Å². The highest BCUT2D eigenvalue weighted by atomic mass is 16.5. The average molecular weight is 421 g/mol. The number of rotatable bonds is 11. The number of para-hydroxylation sites is 1. The van der Waals surface area contributed by atoms with Gasteiger partial charge in [0, 0.05) is 11.1 Å². The molecule has 2 aromatic carbocycles. The van der Waals surface area contributed by atoms with Crippen LogP contribution in [0.5, 0.6) is 11.5 Å². The number of aromatic nitrogens is 2. The number of unbranched alkanes of at least 4 members (excludes halogenated alkanes) is 2. The van der Waals surface area contributed by atoms with E-state index in [0.29, 0.717) is 24.6 Å². The van der Waals surface area contributed by atoms with Crippen molar-refractivity contribution in [3.8, 4) is 22.8 Å². The number of hydrogen-bond donors (Lipinski definition) is 2. The van der Waals surface area contributed by atoms with Gasteiger partial charge in [-0.15, -0.1) is 0 Å². The zero-order chi connectivity index (χ0) is 21.9. The lowest BCUT2D eigenvalue weighted by Gasteiger charge is -2.08. The van der Waals surface area contributed by atoms with E-state index in [0.717, 1.165) is 41.9 Å². The number of H-pyrrole nitrogens is 1. The SMILES string of the molecule is CCCCCOc1ccccc1C=NNC(=O)c1cc(-c2ccc(OCC)cc2)n[nH]1. The maximum atomic E-state index is 12.4. The van der Waals surface area contributed by atoms with Crippen LogP contribution in [-0.4, -0.2) is 35.5 Å². The molecule has 2 N–H and O–H groups in total. The van der Waals surface area contributed by atoms with Gasteiger partial charge in [-0.05, 0) is 55.8 Å². The first-order chi connectivity index (χ1) is 15.2. The summed E-state index contributed by atoms with van der Waals surface area (Å²) in [5.74, 6) is 1.17. The molecule has 3 rings (SSSR count). The third kappa shape index (κ3) is 6.44. The minimum atomic E-state index is -0.373. The first-order valence-electron chi connectivity index (χ1n) is 10.5. The molecule has 31 heavy (non-hydrogen) atoms. The molecule has 3 aromatic rings. The molecule has 0 saturated carbocycles. The number of nitrogens with one attached hydrogen (secondary N) is 2. The fourth-order valence-corrected chi connectivity index (χ4v) is 2.95. The summed E-state index contributed by atoms with van der Waals surface area (Å²) < 4.78 is 11.3. The topological polar surface area (TPSA) is 88.6 Å². The van der Waals surface area contributed by atoms with Crippen molar-refractivity contribution in [1.82, 2.24) is 15.6 Å². The Hall–Kier alpha value is -3.61. The van der Waals surface area contributed by atoms with E-state index in [2.05, 4.69) is 27.6 Å². The summed E-state index contributed by atoms with van der Waals surface area (Å²) in [6.45, 7) is 5.37. The fourth-order valence-electron chi connectivity index (χ4n) is 2.95. The maximum Gasteiger partial charge on any atom is 0.289 e. The van der Waals surface area contributed by atoms with E-state index in [1.165, 1.54) is 0 Å². The molecule has 0 saturated heterocycles. The second-order valence-electron chi connectivity index (χ2n) is 6.92. The van der Waals surface area contributed by atoms with Gasteiger partial charge in [-0.25, -0.2) is 5.43 Å². The monoisotopic (exact) mass is 420 g/mol. The summed E-state index contributed by atoms with van der Waals surface area (Å²) in [5.41, 5.74) is 5.21. The molecule has 7 heteroatoms. The summed E-state index contributed by atoms with van der Waals surface area (Å²) in [5, 5.41) is 11.0. The van der Waals surface area contributed by atoms with Gasteiger partial charge in [-0.2, -0.15) is 10.2 Å². The predicted molar refractivity (Wildman–Crippen MR) is 122 cm³/mol. The zero-order valence-electron chi connectivity index (χ0n) is 17.9. The van der Waals surface area contributed by atoms with Gasteiger partial charge in [-0.1, -0.05) is 31.9 Å². The van der Waals surface area contributed by atoms with Crippen molar-refractivity contribution in [2.75, 3.05) is 13.2 Å². The van der Waals surface area contributed by atoms with Crippen LogP contribution in [-0.2, 0) is 0 Å². The summed E-state index contributed by atoms with van der Waals surface area (Å²) in [7, 11) is 0. The number of nitrogens with zero attached hydrogens (tertiary/aromatic N) is 2. The van der Waals surface area contributed by atoms with Crippen LogP contribution in [0.3, 0.4) is 0 Å². The van der Waals surface area contributed by atoms with Crippen molar-refractivity contribution in [2.24, 2.45) is 5.10 Å². The van der Waals surface area contributed by atoms with E-state index in [4.69, 9.17) is 9.47 Å². The lowest BCUT2D eigenvalue weighted by atomic mass is 10.1. The molecule has 1 aromatic heterocycles. The summed E-state index contributed by atoms with van der Waals surface area (Å²) in [6.07, 6.45) is 4.87. The smallest absolute Gasteiger partial charge is 0.289 e. The molecule has 0 unspecified atom stereocenters. The maximum absolute atomic E-state index is 12.4. The number of hydrazone groups is 1. The largest absolute Gasteiger partial charge is 0.494 e. The van der Waals surface area contributed by atoms with Gasteiger partial charge in [0.15, 0.2) is 0 Å². The molecule has 0 bridgehead atoms. The Labute approximate surface area is 182 Å². The molecule has 0 atom stereocenters. The number of hydrogen-bond acceptors (Lipinski definition) is 5. The number of carbonyl (C=O) groups is 1. The van der Waals surface area contributed by atoms with Crippen LogP contribution in [0.2, 0.25) is 0 Å². The van der Waals surface area contributed by atoms with E-state index in [9.17, 15) is 4.79 Å². The third-order valence-electron chi connectivity index (χ3n) is 4.58. The summed E-state index contributed by atoms with van der Waals surface area (Å²) >= 11 is 0. The molecule has 1 amide bonds. The van der Waals surface area contributed by atoms with Crippen LogP contribution < -0.4 is 14.9 Å². The number of aromatic amines is 1. The highest BCUT2D eigenvalue weighted by molar-refractivity contribution is 5.94. The van der Waals surface area contributed by atoms with Gasteiger partial charge in [-0.3, -0.25) is 9.89 Å². The Kier molecular flexibility index (Phi) is 8.22. The summed E-state index contributed by atoms with van der Waals surface area (Å²) in [4.78, 5) is 12.4. The highest BCUT2D eigenvalue weighted by Gasteiger charge is 2.11. The fraction of sp³-hybridized carbons (Fsp3) is 0.292. The second-order valence-corrected chi connectivity index (χ2v) is 6.92. The van der Waals surface area contributed by atoms with E-state index < -0.39 is 0 Å². The molecule has 7 nitrogen and oxygen atoms in total. The van der Waals surface area contributed by atoms with Crippen LogP contribution in [0.15, 0.2) is 59.7 Å². The molecule has 0 aliphatic rings. The quantitative estimate of drug-likeness (QED) is 0.265. The predicted octanol–water partition coefficient (Wildman–Crippen LogP) is 4.81. The van der Waals surface area contributed by atoms with Gasteiger partial charge < -0.3 is 9.47 Å². The van der Waals surface area contributed by atoms with Crippen LogP contribution in [0.4, 0.5) is 0 Å². The number of amides is 1. The van der Waals surface area contributed by atoms with E-state index in [1.54, 1.807) is 12.3 Å². The Morgan fingerprint density at radius 3 is 2.68 bits per heavy atom. The standard InChI is InChI=1S/C24H28N4O3/c1-3-5-8-15-31-23-10-7-6-9-19(23)17-25-28-24(29)22-16-21(26-27-22)18-11-13-20(14-12-18)30-4-2/h6-7,9-14,16-17H,3-5,8,15H2,1-2H3,(H,26,27)(H,28,29). The van der Waals surface area contributed by atoms with Gasteiger partial charge in [0.1, 0.15) is 17.2 Å². The molecule has 0 aliphatic carbocycles. The Morgan fingerprint density at radius 1 is 1.10 bits per heavy atom. The van der Waals surface area contributed by atoms with Gasteiger partial charge in [0.25, 0.3) is 5.91 Å². The van der Waals surface area contributed by atoms with Crippen molar-refractivity contribution >= 4 is 12.1 Å². The number of ether oxygens (including phenoxy) is 2. The van der Waals surface area contributed by atoms with Crippen molar-refractivity contribution in [3.05, 3.63) is 65.9 Å². The third-order valence-corrected chi connectivity index (χ3v) is 4.58. The van der Waals surface area contributed by atoms with Gasteiger partial charge in [0.2, 0.25) is 0 Å². The van der Waals surface area contributed by atoms with Crippen molar-refractivity contribution in [3.63, 3.8) is 0 Å². The number of carbonyl (C=O) groups excluding carboxylic acids is 1. The molecule has 0 spiro atoms. The normalized spacial score (nSPS) is 10.9. The van der Waals surface area contributed by atoms with Crippen LogP contribution in [0.1, 0.15) is 49.2 Å². The summed E-state index contributed by atoms with van der Waals surface area (Å²) in [6, 6.07) is 16.8.